The van der Waals surface area contributed by atoms with Gasteiger partial charge in [0.25, 0.3) is 0 Å². The summed E-state index contributed by atoms with van der Waals surface area (Å²) in [7, 11) is 1.62. The van der Waals surface area contributed by atoms with E-state index in [4.69, 9.17) is 4.74 Å². The largest absolute Gasteiger partial charge is 0.497 e. The van der Waals surface area contributed by atoms with Crippen LogP contribution >= 0.6 is 0 Å². The molecule has 1 aliphatic heterocycles. The van der Waals surface area contributed by atoms with Gasteiger partial charge in [0.2, 0.25) is 0 Å². The zero-order valence-electron chi connectivity index (χ0n) is 11.6. The molecule has 0 amide bonds. The summed E-state index contributed by atoms with van der Waals surface area (Å²) in [6, 6.07) is 7.88. The average Bonchev–Trinajstić information content (AvgIpc) is 2.47. The lowest BCUT2D eigenvalue weighted by Crippen LogP contribution is -2.32. The quantitative estimate of drug-likeness (QED) is 0.652. The van der Waals surface area contributed by atoms with E-state index in [9.17, 15) is 4.79 Å². The van der Waals surface area contributed by atoms with Gasteiger partial charge < -0.3 is 10.1 Å². The first-order valence-electron chi connectivity index (χ1n) is 6.81. The van der Waals surface area contributed by atoms with Crippen LogP contribution in [0.5, 0.6) is 5.75 Å². The van der Waals surface area contributed by atoms with Crippen LogP contribution in [0.15, 0.2) is 35.9 Å². The molecule has 19 heavy (non-hydrogen) atoms. The number of nitrogens with one attached hydrogen (secondary N) is 1. The number of carbonyl (C=O) groups excluding carboxylic acids is 1. The number of rotatable bonds is 5. The van der Waals surface area contributed by atoms with Gasteiger partial charge in [-0.25, -0.2) is 0 Å². The van der Waals surface area contributed by atoms with Crippen LogP contribution in [-0.2, 0) is 0 Å². The highest BCUT2D eigenvalue weighted by atomic mass is 16.5. The van der Waals surface area contributed by atoms with Crippen molar-refractivity contribution in [2.24, 2.45) is 0 Å². The van der Waals surface area contributed by atoms with Gasteiger partial charge in [-0.15, -0.1) is 0 Å². The van der Waals surface area contributed by atoms with E-state index >= 15 is 0 Å². The van der Waals surface area contributed by atoms with E-state index in [1.807, 2.05) is 18.2 Å². The maximum Gasteiger partial charge on any atom is 0.167 e. The van der Waals surface area contributed by atoms with Crippen molar-refractivity contribution in [2.45, 2.75) is 32.2 Å². The SMILES string of the molecule is CCC1CC(CC(=O)c2cccc(OC)c2)=CCN1. The molecule has 1 atom stereocenters. The number of ether oxygens (including phenoxy) is 1. The molecule has 0 aliphatic carbocycles. The predicted octanol–water partition coefficient (Wildman–Crippen LogP) is 2.97. The summed E-state index contributed by atoms with van der Waals surface area (Å²) in [4.78, 5) is 12.3. The Bertz CT molecular complexity index is 479. The van der Waals surface area contributed by atoms with Crippen molar-refractivity contribution in [1.29, 1.82) is 0 Å². The van der Waals surface area contributed by atoms with E-state index in [1.165, 1.54) is 5.57 Å². The molecule has 0 bridgehead atoms. The number of hydrogen-bond acceptors (Lipinski definition) is 3. The molecule has 2 rings (SSSR count). The zero-order valence-corrected chi connectivity index (χ0v) is 11.6. The molecule has 0 saturated heterocycles. The third-order valence-corrected chi connectivity index (χ3v) is 3.58. The Kier molecular flexibility index (Phi) is 4.74. The summed E-state index contributed by atoms with van der Waals surface area (Å²) < 4.78 is 5.15. The Hall–Kier alpha value is -1.61. The molecule has 0 spiro atoms. The summed E-state index contributed by atoms with van der Waals surface area (Å²) in [5, 5.41) is 3.42. The Morgan fingerprint density at radius 2 is 2.32 bits per heavy atom. The summed E-state index contributed by atoms with van der Waals surface area (Å²) in [6.07, 6.45) is 4.74. The van der Waals surface area contributed by atoms with E-state index in [1.54, 1.807) is 13.2 Å². The monoisotopic (exact) mass is 259 g/mol. The minimum Gasteiger partial charge on any atom is -0.497 e. The number of ketones is 1. The standard InChI is InChI=1S/C16H21NO2/c1-3-14-9-12(7-8-17-14)10-16(18)13-5-4-6-15(11-13)19-2/h4-7,11,14,17H,3,8-10H2,1-2H3. The first-order valence-corrected chi connectivity index (χ1v) is 6.81. The molecule has 0 aromatic heterocycles. The number of carbonyl (C=O) groups is 1. The predicted molar refractivity (Wildman–Crippen MR) is 76.7 cm³/mol. The number of benzene rings is 1. The fraction of sp³-hybridized carbons (Fsp3) is 0.438. The van der Waals surface area contributed by atoms with Gasteiger partial charge in [0.1, 0.15) is 5.75 Å². The molecule has 1 aromatic rings. The van der Waals surface area contributed by atoms with Crippen LogP contribution in [-0.4, -0.2) is 25.5 Å². The third-order valence-electron chi connectivity index (χ3n) is 3.58. The molecule has 1 unspecified atom stereocenters. The third kappa shape index (κ3) is 3.67. The number of methoxy groups -OCH3 is 1. The first-order chi connectivity index (χ1) is 9.22. The van der Waals surface area contributed by atoms with Gasteiger partial charge in [0.15, 0.2) is 5.78 Å². The van der Waals surface area contributed by atoms with Crippen LogP contribution < -0.4 is 10.1 Å². The van der Waals surface area contributed by atoms with Gasteiger partial charge >= 0.3 is 0 Å². The molecule has 1 aliphatic rings. The molecular formula is C16H21NO2. The molecule has 1 heterocycles. The molecule has 102 valence electrons. The van der Waals surface area contributed by atoms with E-state index in [-0.39, 0.29) is 5.78 Å². The van der Waals surface area contributed by atoms with E-state index in [0.717, 1.165) is 30.7 Å². The summed E-state index contributed by atoms with van der Waals surface area (Å²) in [6.45, 7) is 3.05. The van der Waals surface area contributed by atoms with Gasteiger partial charge in [-0.05, 0) is 25.0 Å². The van der Waals surface area contributed by atoms with Crippen molar-refractivity contribution in [3.05, 3.63) is 41.5 Å². The highest BCUT2D eigenvalue weighted by molar-refractivity contribution is 5.97. The number of hydrogen-bond donors (Lipinski definition) is 1. The summed E-state index contributed by atoms with van der Waals surface area (Å²) >= 11 is 0. The topological polar surface area (TPSA) is 38.3 Å². The number of Topliss-reactive ketones (excluding diaryl/α,β-unsaturated/α-hetero) is 1. The molecule has 0 saturated carbocycles. The minimum atomic E-state index is 0.168. The summed E-state index contributed by atoms with van der Waals surface area (Å²) in [5.74, 6) is 0.901. The lowest BCUT2D eigenvalue weighted by Gasteiger charge is -2.22. The molecule has 3 nitrogen and oxygen atoms in total. The fourth-order valence-electron chi connectivity index (χ4n) is 2.38. The second kappa shape index (κ2) is 6.53. The van der Waals surface area contributed by atoms with Crippen molar-refractivity contribution in [2.75, 3.05) is 13.7 Å². The normalized spacial score (nSPS) is 18.8. The molecule has 0 fully saturated rings. The smallest absolute Gasteiger partial charge is 0.167 e. The van der Waals surface area contributed by atoms with Gasteiger partial charge in [-0.2, -0.15) is 0 Å². The Morgan fingerprint density at radius 3 is 3.05 bits per heavy atom. The van der Waals surface area contributed by atoms with Crippen molar-refractivity contribution in [3.8, 4) is 5.75 Å². The van der Waals surface area contributed by atoms with E-state index in [2.05, 4.69) is 18.3 Å². The lowest BCUT2D eigenvalue weighted by molar-refractivity contribution is 0.0991. The first kappa shape index (κ1) is 13.8. The van der Waals surface area contributed by atoms with E-state index in [0.29, 0.717) is 12.5 Å². The lowest BCUT2D eigenvalue weighted by atomic mass is 9.94. The van der Waals surface area contributed by atoms with Crippen LogP contribution in [0.2, 0.25) is 0 Å². The zero-order chi connectivity index (χ0) is 13.7. The molecule has 1 aromatic carbocycles. The van der Waals surface area contributed by atoms with Crippen molar-refractivity contribution < 1.29 is 9.53 Å². The maximum absolute atomic E-state index is 12.3. The Labute approximate surface area is 114 Å². The highest BCUT2D eigenvalue weighted by Crippen LogP contribution is 2.20. The second-order valence-corrected chi connectivity index (χ2v) is 4.91. The minimum absolute atomic E-state index is 0.168. The fourth-order valence-corrected chi connectivity index (χ4v) is 2.38. The van der Waals surface area contributed by atoms with Crippen molar-refractivity contribution in [1.82, 2.24) is 5.32 Å². The van der Waals surface area contributed by atoms with Crippen LogP contribution in [0.25, 0.3) is 0 Å². The van der Waals surface area contributed by atoms with Crippen LogP contribution in [0.3, 0.4) is 0 Å². The Morgan fingerprint density at radius 1 is 1.47 bits per heavy atom. The van der Waals surface area contributed by atoms with Gasteiger partial charge in [0, 0.05) is 24.6 Å². The van der Waals surface area contributed by atoms with Crippen LogP contribution in [0.4, 0.5) is 0 Å². The van der Waals surface area contributed by atoms with Gasteiger partial charge in [0.05, 0.1) is 7.11 Å². The molecular weight excluding hydrogens is 238 g/mol. The van der Waals surface area contributed by atoms with Crippen molar-refractivity contribution >= 4 is 5.78 Å². The molecule has 1 N–H and O–H groups in total. The molecule has 0 radical (unpaired) electrons. The average molecular weight is 259 g/mol. The second-order valence-electron chi connectivity index (χ2n) is 4.91. The van der Waals surface area contributed by atoms with Gasteiger partial charge in [-0.1, -0.05) is 30.7 Å². The van der Waals surface area contributed by atoms with Gasteiger partial charge in [-0.3, -0.25) is 4.79 Å². The highest BCUT2D eigenvalue weighted by Gasteiger charge is 2.16. The summed E-state index contributed by atoms with van der Waals surface area (Å²) in [5.41, 5.74) is 1.98. The molecule has 3 heteroatoms. The maximum atomic E-state index is 12.3. The Balaban J connectivity index is 2.02. The van der Waals surface area contributed by atoms with Crippen molar-refractivity contribution in [3.63, 3.8) is 0 Å². The van der Waals surface area contributed by atoms with E-state index < -0.39 is 0 Å². The van der Waals surface area contributed by atoms with Crippen LogP contribution in [0.1, 0.15) is 36.5 Å². The van der Waals surface area contributed by atoms with Crippen LogP contribution in [0, 0.1) is 0 Å².